The summed E-state index contributed by atoms with van der Waals surface area (Å²) in [6.45, 7) is 0.331. The van der Waals surface area contributed by atoms with E-state index >= 15 is 0 Å². The molecule has 23 heavy (non-hydrogen) atoms. The lowest BCUT2D eigenvalue weighted by atomic mass is 9.82. The van der Waals surface area contributed by atoms with Crippen molar-refractivity contribution >= 4 is 5.78 Å². The maximum Gasteiger partial charge on any atom is 0.163 e. The number of ketones is 1. The largest absolute Gasteiger partial charge is 0.294 e. The van der Waals surface area contributed by atoms with E-state index in [1.807, 2.05) is 36.4 Å². The van der Waals surface area contributed by atoms with Crippen molar-refractivity contribution in [2.45, 2.75) is 31.6 Å². The summed E-state index contributed by atoms with van der Waals surface area (Å²) in [5.41, 5.74) is 13.0. The Balaban J connectivity index is 2.19. The molecule has 116 valence electrons. The van der Waals surface area contributed by atoms with Crippen LogP contribution < -0.4 is 0 Å². The minimum absolute atomic E-state index is 0.0691. The first-order valence-electron chi connectivity index (χ1n) is 8.02. The van der Waals surface area contributed by atoms with Gasteiger partial charge >= 0.3 is 0 Å². The van der Waals surface area contributed by atoms with Crippen LogP contribution in [-0.2, 0) is 6.42 Å². The first kappa shape index (κ1) is 15.3. The van der Waals surface area contributed by atoms with Crippen LogP contribution in [0.3, 0.4) is 0 Å². The number of hydrogen-bond acceptors (Lipinski definition) is 2. The highest BCUT2D eigenvalue weighted by Crippen LogP contribution is 2.33. The van der Waals surface area contributed by atoms with Gasteiger partial charge in [-0.05, 0) is 41.5 Å². The van der Waals surface area contributed by atoms with Gasteiger partial charge in [-0.25, -0.2) is 0 Å². The highest BCUT2D eigenvalue weighted by atomic mass is 16.1. The summed E-state index contributed by atoms with van der Waals surface area (Å²) in [6, 6.07) is 16.0. The van der Waals surface area contributed by atoms with Crippen LogP contribution in [0.4, 0.5) is 0 Å². The normalized spacial score (nSPS) is 17.6. The lowest BCUT2D eigenvalue weighted by Crippen LogP contribution is -2.14. The Morgan fingerprint density at radius 3 is 2.52 bits per heavy atom. The predicted octanol–water partition coefficient (Wildman–Crippen LogP) is 5.04. The van der Waals surface area contributed by atoms with E-state index < -0.39 is 0 Å². The molecule has 2 aromatic rings. The molecule has 1 atom stereocenters. The Morgan fingerprint density at radius 1 is 1.00 bits per heavy atom. The number of carbonyl (C=O) groups is 1. The number of azide groups is 1. The maximum atomic E-state index is 12.6. The average molecular weight is 305 g/mol. The van der Waals surface area contributed by atoms with Crippen LogP contribution in [0.1, 0.15) is 52.2 Å². The average Bonchev–Trinajstić information content (AvgIpc) is 2.60. The number of Topliss-reactive ketones (excluding diaryl/α,β-unsaturated/α-hetero) is 1. The van der Waals surface area contributed by atoms with Gasteiger partial charge in [-0.1, -0.05) is 53.6 Å². The van der Waals surface area contributed by atoms with E-state index in [-0.39, 0.29) is 11.7 Å². The number of nitrogens with zero attached hydrogens (tertiary/aromatic N) is 3. The Hall–Kier alpha value is -2.58. The SMILES string of the molecule is [N-]=[N+]=NCC1c2ccccc2CCCCC(=O)c2ccccc21. The predicted molar refractivity (Wildman–Crippen MR) is 90.6 cm³/mol. The van der Waals surface area contributed by atoms with Crippen LogP contribution in [-0.4, -0.2) is 12.3 Å². The molecule has 0 saturated carbocycles. The minimum Gasteiger partial charge on any atom is -0.294 e. The van der Waals surface area contributed by atoms with Gasteiger partial charge in [0.15, 0.2) is 5.78 Å². The molecule has 4 nitrogen and oxygen atoms in total. The second kappa shape index (κ2) is 7.12. The zero-order valence-electron chi connectivity index (χ0n) is 13.0. The fourth-order valence-corrected chi connectivity index (χ4v) is 3.37. The van der Waals surface area contributed by atoms with E-state index in [0.717, 1.165) is 30.4 Å². The molecule has 2 aromatic carbocycles. The fourth-order valence-electron chi connectivity index (χ4n) is 3.37. The van der Waals surface area contributed by atoms with Gasteiger partial charge in [-0.15, -0.1) is 0 Å². The van der Waals surface area contributed by atoms with Crippen molar-refractivity contribution in [1.29, 1.82) is 0 Å². The van der Waals surface area contributed by atoms with Crippen molar-refractivity contribution in [2.75, 3.05) is 6.54 Å². The van der Waals surface area contributed by atoms with Crippen molar-refractivity contribution in [3.8, 4) is 0 Å². The van der Waals surface area contributed by atoms with E-state index in [1.54, 1.807) is 0 Å². The third-order valence-electron chi connectivity index (χ3n) is 4.49. The number of fused-ring (bicyclic) bond motifs is 2. The topological polar surface area (TPSA) is 65.8 Å². The second-order valence-electron chi connectivity index (χ2n) is 5.88. The summed E-state index contributed by atoms with van der Waals surface area (Å²) in [7, 11) is 0. The maximum absolute atomic E-state index is 12.6. The molecule has 0 aliphatic heterocycles. The number of hydrogen-bond donors (Lipinski definition) is 0. The van der Waals surface area contributed by atoms with Gasteiger partial charge < -0.3 is 0 Å². The van der Waals surface area contributed by atoms with E-state index in [0.29, 0.717) is 13.0 Å². The van der Waals surface area contributed by atoms with Crippen molar-refractivity contribution in [2.24, 2.45) is 5.11 Å². The molecular weight excluding hydrogens is 286 g/mol. The molecule has 0 heterocycles. The molecular formula is C19H19N3O. The van der Waals surface area contributed by atoms with E-state index in [2.05, 4.69) is 22.2 Å². The van der Waals surface area contributed by atoms with Crippen molar-refractivity contribution < 1.29 is 4.79 Å². The van der Waals surface area contributed by atoms with Crippen molar-refractivity contribution in [3.05, 3.63) is 81.2 Å². The quantitative estimate of drug-likeness (QED) is 0.435. The Morgan fingerprint density at radius 2 is 1.70 bits per heavy atom. The zero-order valence-corrected chi connectivity index (χ0v) is 13.0. The molecule has 0 aromatic heterocycles. The summed E-state index contributed by atoms with van der Waals surface area (Å²) in [5.74, 6) is 0.117. The first-order chi connectivity index (χ1) is 11.3. The van der Waals surface area contributed by atoms with Gasteiger partial charge in [0.05, 0.1) is 0 Å². The van der Waals surface area contributed by atoms with Crippen LogP contribution in [0.15, 0.2) is 53.6 Å². The standard InChI is InChI=1S/C19H19N3O/c20-22-21-13-18-15-9-3-1-7-14(15)8-2-6-12-19(23)17-11-5-4-10-16(17)18/h1,3-5,7,9-11,18H,2,6,8,12-13H2. The lowest BCUT2D eigenvalue weighted by Gasteiger charge is -2.23. The minimum atomic E-state index is -0.0691. The van der Waals surface area contributed by atoms with Crippen molar-refractivity contribution in [1.82, 2.24) is 0 Å². The molecule has 4 heteroatoms. The fraction of sp³-hybridized carbons (Fsp3) is 0.316. The van der Waals surface area contributed by atoms with Gasteiger partial charge in [0, 0.05) is 29.4 Å². The molecule has 3 rings (SSSR count). The Bertz CT molecular complexity index is 763. The van der Waals surface area contributed by atoms with Crippen LogP contribution in [0.2, 0.25) is 0 Å². The van der Waals surface area contributed by atoms with Gasteiger partial charge in [0.2, 0.25) is 0 Å². The Labute approximate surface area is 135 Å². The molecule has 0 bridgehead atoms. The third-order valence-corrected chi connectivity index (χ3v) is 4.49. The molecule has 0 amide bonds. The summed E-state index contributed by atoms with van der Waals surface area (Å²) in [4.78, 5) is 15.5. The van der Waals surface area contributed by atoms with Gasteiger partial charge in [0.25, 0.3) is 0 Å². The second-order valence-corrected chi connectivity index (χ2v) is 5.88. The van der Waals surface area contributed by atoms with Crippen LogP contribution >= 0.6 is 0 Å². The molecule has 0 radical (unpaired) electrons. The monoisotopic (exact) mass is 305 g/mol. The van der Waals surface area contributed by atoms with E-state index in [4.69, 9.17) is 5.53 Å². The smallest absolute Gasteiger partial charge is 0.163 e. The van der Waals surface area contributed by atoms with E-state index in [1.165, 1.54) is 11.1 Å². The molecule has 0 fully saturated rings. The van der Waals surface area contributed by atoms with Crippen LogP contribution in [0.25, 0.3) is 10.4 Å². The molecule has 0 N–H and O–H groups in total. The van der Waals surface area contributed by atoms with Gasteiger partial charge in [-0.3, -0.25) is 4.79 Å². The number of rotatable bonds is 2. The first-order valence-corrected chi connectivity index (χ1v) is 8.02. The molecule has 1 aliphatic rings. The third kappa shape index (κ3) is 3.27. The van der Waals surface area contributed by atoms with Crippen LogP contribution in [0.5, 0.6) is 0 Å². The summed E-state index contributed by atoms with van der Waals surface area (Å²) in [6.07, 6.45) is 3.44. The van der Waals surface area contributed by atoms with E-state index in [9.17, 15) is 4.79 Å². The van der Waals surface area contributed by atoms with Gasteiger partial charge in [-0.2, -0.15) is 0 Å². The summed E-state index contributed by atoms with van der Waals surface area (Å²) < 4.78 is 0. The number of benzene rings is 2. The summed E-state index contributed by atoms with van der Waals surface area (Å²) >= 11 is 0. The highest BCUT2D eigenvalue weighted by Gasteiger charge is 2.23. The van der Waals surface area contributed by atoms with Gasteiger partial charge in [0.1, 0.15) is 0 Å². The lowest BCUT2D eigenvalue weighted by molar-refractivity contribution is 0.0978. The molecule has 0 saturated heterocycles. The molecule has 0 spiro atoms. The number of carbonyl (C=O) groups excluding carboxylic acids is 1. The van der Waals surface area contributed by atoms with Crippen LogP contribution in [0, 0.1) is 0 Å². The zero-order chi connectivity index (χ0) is 16.1. The summed E-state index contributed by atoms with van der Waals surface area (Å²) in [5, 5.41) is 3.81. The Kier molecular flexibility index (Phi) is 4.74. The highest BCUT2D eigenvalue weighted by molar-refractivity contribution is 5.97. The van der Waals surface area contributed by atoms with Crippen molar-refractivity contribution in [3.63, 3.8) is 0 Å². The number of aryl methyl sites for hydroxylation is 1. The molecule has 1 unspecified atom stereocenters. The molecule has 1 aliphatic carbocycles.